The normalized spacial score (nSPS) is 13.9. The fourth-order valence-corrected chi connectivity index (χ4v) is 3.04. The van der Waals surface area contributed by atoms with Crippen LogP contribution in [-0.2, 0) is 6.54 Å². The number of nitrogens with zero attached hydrogens (tertiary/aromatic N) is 3. The van der Waals surface area contributed by atoms with Gasteiger partial charge in [-0.25, -0.2) is 4.39 Å². The van der Waals surface area contributed by atoms with Crippen LogP contribution in [0.5, 0.6) is 11.5 Å². The van der Waals surface area contributed by atoms with E-state index < -0.39 is 11.6 Å². The predicted molar refractivity (Wildman–Crippen MR) is 99.0 cm³/mol. The van der Waals surface area contributed by atoms with Crippen molar-refractivity contribution in [2.75, 3.05) is 13.1 Å². The van der Waals surface area contributed by atoms with Gasteiger partial charge >= 0.3 is 0 Å². The molecule has 8 heteroatoms. The molecule has 0 saturated carbocycles. The van der Waals surface area contributed by atoms with Crippen molar-refractivity contribution in [1.82, 2.24) is 4.90 Å². The highest BCUT2D eigenvalue weighted by atomic mass is 35.5. The van der Waals surface area contributed by atoms with Gasteiger partial charge in [-0.1, -0.05) is 17.7 Å². The summed E-state index contributed by atoms with van der Waals surface area (Å²) in [7, 11) is 0. The maximum atomic E-state index is 14.0. The Bertz CT molecular complexity index is 1030. The molecule has 1 N–H and O–H groups in total. The smallest absolute Gasteiger partial charge is 0.231 e. The Labute approximate surface area is 165 Å². The first-order chi connectivity index (χ1) is 13.5. The summed E-state index contributed by atoms with van der Waals surface area (Å²) in [6.45, 7) is -0.0621. The van der Waals surface area contributed by atoms with Gasteiger partial charge in [0.25, 0.3) is 0 Å². The number of Topliss-reactive ketones (excluding diaryl/α,β-unsaturated/α-hetero) is 1. The zero-order valence-electron chi connectivity index (χ0n) is 14.4. The molecular formula is C20H13ClFN3O3. The zero-order valence-corrected chi connectivity index (χ0v) is 15.2. The highest BCUT2D eigenvalue weighted by molar-refractivity contribution is 6.32. The second-order valence-corrected chi connectivity index (χ2v) is 6.38. The van der Waals surface area contributed by atoms with Crippen LogP contribution < -0.4 is 4.74 Å². The summed E-state index contributed by atoms with van der Waals surface area (Å²) >= 11 is 6.00. The topological polar surface area (TPSA) is 97.3 Å². The minimum Gasteiger partial charge on any atom is -0.507 e. The molecule has 1 aliphatic rings. The van der Waals surface area contributed by atoms with Crippen LogP contribution in [0.2, 0.25) is 5.02 Å². The summed E-state index contributed by atoms with van der Waals surface area (Å²) in [6.07, 6.45) is 1.21. The van der Waals surface area contributed by atoms with Gasteiger partial charge in [0.05, 0.1) is 41.4 Å². The van der Waals surface area contributed by atoms with Crippen LogP contribution in [0.1, 0.15) is 21.5 Å². The predicted octanol–water partition coefficient (Wildman–Crippen LogP) is 3.65. The third-order valence-corrected chi connectivity index (χ3v) is 4.49. The van der Waals surface area contributed by atoms with E-state index in [1.54, 1.807) is 0 Å². The van der Waals surface area contributed by atoms with E-state index in [0.29, 0.717) is 0 Å². The molecule has 0 aromatic heterocycles. The first-order valence-corrected chi connectivity index (χ1v) is 8.53. The van der Waals surface area contributed by atoms with E-state index in [1.807, 2.05) is 12.1 Å². The van der Waals surface area contributed by atoms with Crippen LogP contribution in [-0.4, -0.2) is 28.9 Å². The number of fused-ring (bicyclic) bond motifs is 1. The van der Waals surface area contributed by atoms with Crippen molar-refractivity contribution in [3.05, 3.63) is 63.6 Å². The van der Waals surface area contributed by atoms with Gasteiger partial charge < -0.3 is 9.84 Å². The Morgan fingerprint density at radius 1 is 1.21 bits per heavy atom. The van der Waals surface area contributed by atoms with Crippen LogP contribution in [0.25, 0.3) is 6.08 Å². The van der Waals surface area contributed by atoms with Crippen LogP contribution in [0.3, 0.4) is 0 Å². The molecule has 0 fully saturated rings. The number of carbonyl (C=O) groups excluding carboxylic acids is 1. The SMILES string of the molecule is N#CCN(CC#N)Cc1c(O)ccc2c1O/C(=C\c1c(F)cccc1Cl)C2=O. The quantitative estimate of drug-likeness (QED) is 0.611. The van der Waals surface area contributed by atoms with Gasteiger partial charge in [0.1, 0.15) is 17.3 Å². The van der Waals surface area contributed by atoms with Crippen LogP contribution in [0.4, 0.5) is 4.39 Å². The van der Waals surface area contributed by atoms with E-state index in [-0.39, 0.29) is 58.6 Å². The first-order valence-electron chi connectivity index (χ1n) is 8.15. The third-order valence-electron chi connectivity index (χ3n) is 4.16. The number of ketones is 1. The van der Waals surface area contributed by atoms with E-state index >= 15 is 0 Å². The summed E-state index contributed by atoms with van der Waals surface area (Å²) in [6, 6.07) is 10.8. The number of hydrogen-bond donors (Lipinski definition) is 1. The Kier molecular flexibility index (Phi) is 5.60. The number of rotatable bonds is 5. The number of phenols is 1. The molecule has 0 unspecified atom stereocenters. The molecule has 6 nitrogen and oxygen atoms in total. The van der Waals surface area contributed by atoms with Crippen molar-refractivity contribution < 1.29 is 19.0 Å². The molecule has 2 aromatic carbocycles. The minimum absolute atomic E-state index is 0.0154. The Balaban J connectivity index is 2.01. The first kappa shape index (κ1) is 19.4. The second-order valence-electron chi connectivity index (χ2n) is 5.98. The number of phenolic OH excluding ortho intramolecular Hbond substituents is 1. The highest BCUT2D eigenvalue weighted by Gasteiger charge is 2.32. The number of ether oxygens (including phenoxy) is 1. The van der Waals surface area contributed by atoms with E-state index in [1.165, 1.54) is 41.3 Å². The lowest BCUT2D eigenvalue weighted by Gasteiger charge is -2.17. The second kappa shape index (κ2) is 8.10. The molecule has 0 bridgehead atoms. The number of halogens is 2. The lowest BCUT2D eigenvalue weighted by Crippen LogP contribution is -2.24. The van der Waals surface area contributed by atoms with Gasteiger partial charge in [0.2, 0.25) is 5.78 Å². The summed E-state index contributed by atoms with van der Waals surface area (Å²) < 4.78 is 19.7. The summed E-state index contributed by atoms with van der Waals surface area (Å²) in [5, 5.41) is 28.1. The molecule has 0 aliphatic carbocycles. The molecule has 2 aromatic rings. The van der Waals surface area contributed by atoms with Crippen LogP contribution >= 0.6 is 11.6 Å². The summed E-state index contributed by atoms with van der Waals surface area (Å²) in [4.78, 5) is 14.2. The zero-order chi connectivity index (χ0) is 20.3. The molecule has 1 aliphatic heterocycles. The fourth-order valence-electron chi connectivity index (χ4n) is 2.82. The number of nitriles is 2. The molecule has 0 radical (unpaired) electrons. The lowest BCUT2D eigenvalue weighted by atomic mass is 10.0. The van der Waals surface area contributed by atoms with Crippen molar-refractivity contribution in [3.8, 4) is 23.6 Å². The molecule has 0 amide bonds. The Hall–Kier alpha value is -3.39. The Morgan fingerprint density at radius 2 is 1.93 bits per heavy atom. The molecule has 0 saturated heterocycles. The van der Waals surface area contributed by atoms with Crippen molar-refractivity contribution in [1.29, 1.82) is 10.5 Å². The highest BCUT2D eigenvalue weighted by Crippen LogP contribution is 2.40. The average Bonchev–Trinajstić information content (AvgIpc) is 2.97. The van der Waals surface area contributed by atoms with E-state index in [9.17, 15) is 14.3 Å². The van der Waals surface area contributed by atoms with E-state index in [0.717, 1.165) is 0 Å². The number of allylic oxidation sites excluding steroid dienone is 1. The molecule has 0 atom stereocenters. The number of carbonyl (C=O) groups is 1. The van der Waals surface area contributed by atoms with Gasteiger partial charge in [-0.3, -0.25) is 9.69 Å². The number of hydrogen-bond acceptors (Lipinski definition) is 6. The Morgan fingerprint density at radius 3 is 2.57 bits per heavy atom. The lowest BCUT2D eigenvalue weighted by molar-refractivity contribution is 0.101. The maximum Gasteiger partial charge on any atom is 0.231 e. The molecule has 0 spiro atoms. The van der Waals surface area contributed by atoms with Crippen molar-refractivity contribution >= 4 is 23.5 Å². The van der Waals surface area contributed by atoms with Crippen LogP contribution in [0.15, 0.2) is 36.1 Å². The minimum atomic E-state index is -0.607. The van der Waals surface area contributed by atoms with Crippen LogP contribution in [0, 0.1) is 28.5 Å². The fraction of sp³-hybridized carbons (Fsp3) is 0.150. The third kappa shape index (κ3) is 3.67. The molecule has 28 heavy (non-hydrogen) atoms. The van der Waals surface area contributed by atoms with Gasteiger partial charge in [0, 0.05) is 12.1 Å². The van der Waals surface area contributed by atoms with E-state index in [4.69, 9.17) is 26.9 Å². The van der Waals surface area contributed by atoms with Gasteiger partial charge in [0.15, 0.2) is 5.76 Å². The van der Waals surface area contributed by atoms with E-state index in [2.05, 4.69) is 0 Å². The molecule has 140 valence electrons. The van der Waals surface area contributed by atoms with Crippen molar-refractivity contribution in [3.63, 3.8) is 0 Å². The molecular weight excluding hydrogens is 385 g/mol. The van der Waals surface area contributed by atoms with Gasteiger partial charge in [-0.05, 0) is 30.3 Å². The van der Waals surface area contributed by atoms with Crippen molar-refractivity contribution in [2.24, 2.45) is 0 Å². The molecule has 3 rings (SSSR count). The monoisotopic (exact) mass is 397 g/mol. The van der Waals surface area contributed by atoms with Gasteiger partial charge in [-0.15, -0.1) is 0 Å². The summed E-state index contributed by atoms with van der Waals surface area (Å²) in [5.41, 5.74) is 0.474. The molecule has 1 heterocycles. The largest absolute Gasteiger partial charge is 0.507 e. The average molecular weight is 398 g/mol. The maximum absolute atomic E-state index is 14.0. The standard InChI is InChI=1S/C20H13ClFN3O3/c21-15-2-1-3-16(22)13(15)10-18-19(27)12-4-5-17(26)14(20(12)28-18)11-25(8-6-23)9-7-24/h1-5,10,26H,8-9,11H2/b18-10-. The van der Waals surface area contributed by atoms with Gasteiger partial charge in [-0.2, -0.15) is 10.5 Å². The number of benzene rings is 2. The van der Waals surface area contributed by atoms with Crippen molar-refractivity contribution in [2.45, 2.75) is 6.54 Å². The number of aromatic hydroxyl groups is 1. The summed E-state index contributed by atoms with van der Waals surface area (Å²) in [5.74, 6) is -1.25.